The van der Waals surface area contributed by atoms with E-state index in [-0.39, 0.29) is 5.57 Å². The van der Waals surface area contributed by atoms with Crippen molar-refractivity contribution >= 4 is 52.8 Å². The zero-order valence-corrected chi connectivity index (χ0v) is 22.5. The maximum atomic E-state index is 13.4. The Morgan fingerprint density at radius 2 is 1.65 bits per heavy atom. The van der Waals surface area contributed by atoms with Crippen molar-refractivity contribution in [2.24, 2.45) is 0 Å². The molecule has 3 aromatic rings. The number of barbiturate groups is 1. The quantitative estimate of drug-likeness (QED) is 0.285. The van der Waals surface area contributed by atoms with Crippen LogP contribution in [0.1, 0.15) is 40.3 Å². The van der Waals surface area contributed by atoms with Crippen LogP contribution in [0.2, 0.25) is 10.0 Å². The number of nitrogens with zero attached hydrogens (tertiary/aromatic N) is 1. The first-order valence-corrected chi connectivity index (χ1v) is 12.5. The van der Waals surface area contributed by atoms with Gasteiger partial charge in [-0.25, -0.2) is 9.69 Å². The molecule has 0 saturated carbocycles. The van der Waals surface area contributed by atoms with Gasteiger partial charge in [-0.15, -0.1) is 0 Å². The first kappa shape index (κ1) is 26.5. The van der Waals surface area contributed by atoms with Crippen LogP contribution in [0.15, 0.2) is 54.1 Å². The third kappa shape index (κ3) is 5.71. The van der Waals surface area contributed by atoms with Crippen LogP contribution < -0.4 is 15.0 Å². The van der Waals surface area contributed by atoms with Crippen molar-refractivity contribution in [1.82, 2.24) is 5.32 Å². The third-order valence-electron chi connectivity index (χ3n) is 5.96. The van der Waals surface area contributed by atoms with E-state index in [2.05, 4.69) is 23.5 Å². The fourth-order valence-corrected chi connectivity index (χ4v) is 4.86. The van der Waals surface area contributed by atoms with Crippen LogP contribution in [0.3, 0.4) is 0 Å². The molecule has 4 amide bonds. The molecule has 1 heterocycles. The molecule has 0 aliphatic carbocycles. The van der Waals surface area contributed by atoms with E-state index in [1.165, 1.54) is 12.1 Å². The summed E-state index contributed by atoms with van der Waals surface area (Å²) in [5, 5.41) is 3.04. The number of amides is 4. The Morgan fingerprint density at radius 1 is 0.946 bits per heavy atom. The monoisotopic (exact) mass is 536 g/mol. The fraction of sp³-hybridized carbons (Fsp3) is 0.207. The van der Waals surface area contributed by atoms with Crippen LogP contribution in [-0.2, 0) is 16.0 Å². The van der Waals surface area contributed by atoms with Crippen molar-refractivity contribution in [3.63, 3.8) is 0 Å². The fourth-order valence-electron chi connectivity index (χ4n) is 4.41. The van der Waals surface area contributed by atoms with E-state index in [1.54, 1.807) is 31.2 Å². The topological polar surface area (TPSA) is 75.7 Å². The number of hydrogen-bond acceptors (Lipinski definition) is 4. The molecule has 1 N–H and O–H groups in total. The van der Waals surface area contributed by atoms with Crippen LogP contribution in [0.5, 0.6) is 5.75 Å². The molecule has 190 valence electrons. The van der Waals surface area contributed by atoms with Gasteiger partial charge < -0.3 is 4.74 Å². The Hall–Kier alpha value is -3.61. The smallest absolute Gasteiger partial charge is 0.335 e. The summed E-state index contributed by atoms with van der Waals surface area (Å²) in [6, 6.07) is 13.8. The van der Waals surface area contributed by atoms with Gasteiger partial charge in [-0.05, 0) is 74.7 Å². The Kier molecular flexibility index (Phi) is 7.71. The predicted molar refractivity (Wildman–Crippen MR) is 147 cm³/mol. The predicted octanol–water partition coefficient (Wildman–Crippen LogP) is 6.57. The summed E-state index contributed by atoms with van der Waals surface area (Å²) in [5.74, 6) is -0.991. The lowest BCUT2D eigenvalue weighted by Gasteiger charge is -2.27. The van der Waals surface area contributed by atoms with Gasteiger partial charge in [-0.2, -0.15) is 0 Å². The van der Waals surface area contributed by atoms with E-state index in [9.17, 15) is 14.4 Å². The number of anilines is 1. The normalized spacial score (nSPS) is 14.8. The van der Waals surface area contributed by atoms with Gasteiger partial charge in [0.1, 0.15) is 11.3 Å². The number of carbonyl (C=O) groups excluding carboxylic acids is 3. The van der Waals surface area contributed by atoms with Gasteiger partial charge in [0, 0.05) is 22.0 Å². The standard InChI is InChI=1S/C29H26Cl2N2O4/c1-5-37-26-14-20(13-24(31)22(26)11-19-9-16(2)8-17(3)10-19)12-23-27(34)32-29(36)33(28(23)35)25-15-21(30)7-6-18(25)4/h6-10,12-15H,5,11H2,1-4H3,(H,32,34,36)/b23-12+. The highest BCUT2D eigenvalue weighted by Crippen LogP contribution is 2.33. The second-order valence-corrected chi connectivity index (χ2v) is 9.82. The van der Waals surface area contributed by atoms with Crippen molar-refractivity contribution in [3.05, 3.63) is 97.5 Å². The van der Waals surface area contributed by atoms with Gasteiger partial charge in [0.05, 0.1) is 12.3 Å². The number of urea groups is 1. The molecule has 1 fully saturated rings. The van der Waals surface area contributed by atoms with Crippen molar-refractivity contribution in [2.75, 3.05) is 11.5 Å². The van der Waals surface area contributed by atoms with Gasteiger partial charge in [0.15, 0.2) is 0 Å². The molecule has 0 atom stereocenters. The number of benzene rings is 3. The van der Waals surface area contributed by atoms with Crippen molar-refractivity contribution in [1.29, 1.82) is 0 Å². The molecule has 4 rings (SSSR count). The molecule has 6 nitrogen and oxygen atoms in total. The highest BCUT2D eigenvalue weighted by molar-refractivity contribution is 6.40. The molecule has 0 aromatic heterocycles. The molecule has 1 aliphatic rings. The molecular weight excluding hydrogens is 511 g/mol. The molecule has 3 aromatic carbocycles. The maximum Gasteiger partial charge on any atom is 0.335 e. The second-order valence-electron chi connectivity index (χ2n) is 8.97. The van der Waals surface area contributed by atoms with E-state index in [1.807, 2.05) is 20.8 Å². The Labute approximate surface area is 225 Å². The van der Waals surface area contributed by atoms with Crippen LogP contribution in [0, 0.1) is 20.8 Å². The lowest BCUT2D eigenvalue weighted by molar-refractivity contribution is -0.122. The number of nitrogens with one attached hydrogen (secondary N) is 1. The van der Waals surface area contributed by atoms with Crippen molar-refractivity contribution < 1.29 is 19.1 Å². The molecule has 0 spiro atoms. The van der Waals surface area contributed by atoms with Gasteiger partial charge in [-0.1, -0.05) is 58.6 Å². The number of imide groups is 2. The summed E-state index contributed by atoms with van der Waals surface area (Å²) in [6.07, 6.45) is 1.97. The summed E-state index contributed by atoms with van der Waals surface area (Å²) in [4.78, 5) is 39.5. The highest BCUT2D eigenvalue weighted by Gasteiger charge is 2.37. The molecule has 0 bridgehead atoms. The van der Waals surface area contributed by atoms with Crippen molar-refractivity contribution in [2.45, 2.75) is 34.1 Å². The number of aryl methyl sites for hydroxylation is 3. The van der Waals surface area contributed by atoms with E-state index < -0.39 is 17.8 Å². The minimum atomic E-state index is -0.839. The molecule has 1 saturated heterocycles. The van der Waals surface area contributed by atoms with Crippen LogP contribution in [-0.4, -0.2) is 24.5 Å². The SMILES string of the molecule is CCOc1cc(/C=C2\C(=O)NC(=O)N(c3cc(Cl)ccc3C)C2=O)cc(Cl)c1Cc1cc(C)cc(C)c1. The zero-order valence-electron chi connectivity index (χ0n) is 20.9. The first-order valence-electron chi connectivity index (χ1n) is 11.8. The highest BCUT2D eigenvalue weighted by atomic mass is 35.5. The second kappa shape index (κ2) is 10.8. The van der Waals surface area contributed by atoms with E-state index >= 15 is 0 Å². The van der Waals surface area contributed by atoms with Gasteiger partial charge in [0.2, 0.25) is 0 Å². The number of rotatable bonds is 6. The average molecular weight is 537 g/mol. The van der Waals surface area contributed by atoms with Crippen LogP contribution in [0.4, 0.5) is 10.5 Å². The average Bonchev–Trinajstić information content (AvgIpc) is 2.80. The number of hydrogen-bond donors (Lipinski definition) is 1. The maximum absolute atomic E-state index is 13.4. The molecule has 37 heavy (non-hydrogen) atoms. The molecule has 8 heteroatoms. The summed E-state index contributed by atoms with van der Waals surface area (Å²) in [6.45, 7) is 8.11. The third-order valence-corrected chi connectivity index (χ3v) is 6.54. The first-order chi connectivity index (χ1) is 17.6. The Morgan fingerprint density at radius 3 is 2.32 bits per heavy atom. The number of ether oxygens (including phenoxy) is 1. The zero-order chi connectivity index (χ0) is 26.9. The summed E-state index contributed by atoms with van der Waals surface area (Å²) < 4.78 is 5.89. The molecule has 0 unspecified atom stereocenters. The molecule has 0 radical (unpaired) electrons. The van der Waals surface area contributed by atoms with E-state index in [4.69, 9.17) is 27.9 Å². The van der Waals surface area contributed by atoms with Gasteiger partial charge in [0.25, 0.3) is 11.8 Å². The van der Waals surface area contributed by atoms with Gasteiger partial charge >= 0.3 is 6.03 Å². The Balaban J connectivity index is 1.74. The van der Waals surface area contributed by atoms with Crippen LogP contribution >= 0.6 is 23.2 Å². The minimum absolute atomic E-state index is 0.209. The number of carbonyl (C=O) groups is 3. The Bertz CT molecular complexity index is 1440. The minimum Gasteiger partial charge on any atom is -0.494 e. The summed E-state index contributed by atoms with van der Waals surface area (Å²) in [5.41, 5.74) is 5.44. The molecule has 1 aliphatic heterocycles. The summed E-state index contributed by atoms with van der Waals surface area (Å²) >= 11 is 12.8. The van der Waals surface area contributed by atoms with Crippen molar-refractivity contribution in [3.8, 4) is 5.75 Å². The van der Waals surface area contributed by atoms with E-state index in [0.717, 1.165) is 27.2 Å². The number of halogens is 2. The van der Waals surface area contributed by atoms with E-state index in [0.29, 0.717) is 45.6 Å². The van der Waals surface area contributed by atoms with Gasteiger partial charge in [-0.3, -0.25) is 14.9 Å². The lowest BCUT2D eigenvalue weighted by Crippen LogP contribution is -2.54. The van der Waals surface area contributed by atoms with Crippen LogP contribution in [0.25, 0.3) is 6.08 Å². The lowest BCUT2D eigenvalue weighted by atomic mass is 9.98. The largest absolute Gasteiger partial charge is 0.494 e. The molecular formula is C29H26Cl2N2O4. The summed E-state index contributed by atoms with van der Waals surface area (Å²) in [7, 11) is 0.